The minimum absolute atomic E-state index is 0.0439. The maximum Gasteiger partial charge on any atom is 0.282 e. The smallest absolute Gasteiger partial charge is 0.282 e. The van der Waals surface area contributed by atoms with E-state index in [1.165, 1.54) is 24.3 Å². The molecule has 3 aromatic carbocycles. The molecule has 0 saturated carbocycles. The van der Waals surface area contributed by atoms with Crippen LogP contribution in [0.2, 0.25) is 0 Å². The molecule has 0 saturated heterocycles. The molecule has 4 rings (SSSR count). The largest absolute Gasteiger partial charge is 0.350 e. The van der Waals surface area contributed by atoms with E-state index < -0.39 is 29.3 Å². The number of nitrogens with zero attached hydrogens (tertiary/aromatic N) is 1. The number of anilines is 2. The lowest BCUT2D eigenvalue weighted by Gasteiger charge is -2.15. The predicted molar refractivity (Wildman–Crippen MR) is 102 cm³/mol. The van der Waals surface area contributed by atoms with Crippen LogP contribution in [0.4, 0.5) is 24.5 Å². The molecule has 0 unspecified atom stereocenters. The first-order chi connectivity index (χ1) is 14.0. The Hall–Kier alpha value is -3.87. The third-order valence-corrected chi connectivity index (χ3v) is 4.42. The second-order valence-corrected chi connectivity index (χ2v) is 6.29. The summed E-state index contributed by atoms with van der Waals surface area (Å²) in [6, 6.07) is 16.5. The van der Waals surface area contributed by atoms with Crippen molar-refractivity contribution >= 4 is 28.8 Å². The molecule has 0 fully saturated rings. The van der Waals surface area contributed by atoms with Gasteiger partial charge in [0.1, 0.15) is 11.5 Å². The number of hydrogen-bond acceptors (Lipinski definition) is 3. The summed E-state index contributed by atoms with van der Waals surface area (Å²) in [5.41, 5.74) is 0.800. The monoisotopic (exact) mass is 394 g/mol. The van der Waals surface area contributed by atoms with Crippen LogP contribution in [0.25, 0.3) is 5.57 Å². The summed E-state index contributed by atoms with van der Waals surface area (Å²) in [7, 11) is 0. The molecule has 0 aromatic heterocycles. The number of imide groups is 1. The third kappa shape index (κ3) is 3.38. The lowest BCUT2D eigenvalue weighted by molar-refractivity contribution is -0.120. The molecule has 144 valence electrons. The molecular weight excluding hydrogens is 381 g/mol. The molecule has 1 aliphatic heterocycles. The topological polar surface area (TPSA) is 49.4 Å². The van der Waals surface area contributed by atoms with Gasteiger partial charge in [-0.3, -0.25) is 9.59 Å². The molecule has 0 spiro atoms. The van der Waals surface area contributed by atoms with Crippen molar-refractivity contribution < 1.29 is 22.8 Å². The van der Waals surface area contributed by atoms with Crippen LogP contribution in [0.15, 0.2) is 78.5 Å². The quantitative estimate of drug-likeness (QED) is 0.663. The van der Waals surface area contributed by atoms with E-state index in [2.05, 4.69) is 5.32 Å². The Balaban J connectivity index is 1.81. The highest BCUT2D eigenvalue weighted by molar-refractivity contribution is 6.46. The van der Waals surface area contributed by atoms with E-state index in [9.17, 15) is 22.8 Å². The zero-order valence-electron chi connectivity index (χ0n) is 14.8. The van der Waals surface area contributed by atoms with Gasteiger partial charge >= 0.3 is 0 Å². The standard InChI is InChI=1S/C22H13F3N2O2/c23-14-6-8-15(9-7-14)26-20-19(13-4-2-1-3-5-13)21(28)27(22(20)29)16-10-11-17(24)18(25)12-16/h1-12,26H. The van der Waals surface area contributed by atoms with E-state index in [-0.39, 0.29) is 17.0 Å². The lowest BCUT2D eigenvalue weighted by atomic mass is 10.0. The van der Waals surface area contributed by atoms with Gasteiger partial charge in [-0.25, -0.2) is 18.1 Å². The maximum atomic E-state index is 13.7. The van der Waals surface area contributed by atoms with Crippen LogP contribution in [0.5, 0.6) is 0 Å². The van der Waals surface area contributed by atoms with Crippen LogP contribution in [0, 0.1) is 17.5 Å². The SMILES string of the molecule is O=C1C(Nc2ccc(F)cc2)=C(c2ccccc2)C(=O)N1c1ccc(F)c(F)c1. The fourth-order valence-electron chi connectivity index (χ4n) is 3.05. The van der Waals surface area contributed by atoms with E-state index in [4.69, 9.17) is 0 Å². The molecule has 4 nitrogen and oxygen atoms in total. The van der Waals surface area contributed by atoms with Gasteiger partial charge in [0.2, 0.25) is 0 Å². The van der Waals surface area contributed by atoms with E-state index in [1.54, 1.807) is 30.3 Å². The Morgan fingerprint density at radius 2 is 1.41 bits per heavy atom. The van der Waals surface area contributed by atoms with Crippen LogP contribution < -0.4 is 10.2 Å². The summed E-state index contributed by atoms with van der Waals surface area (Å²) in [5, 5.41) is 2.86. The molecule has 2 amide bonds. The molecule has 0 atom stereocenters. The van der Waals surface area contributed by atoms with Crippen molar-refractivity contribution in [2.45, 2.75) is 0 Å². The van der Waals surface area contributed by atoms with Crippen molar-refractivity contribution in [1.82, 2.24) is 0 Å². The molecule has 3 aromatic rings. The van der Waals surface area contributed by atoms with Gasteiger partial charge in [-0.05, 0) is 42.0 Å². The number of amides is 2. The van der Waals surface area contributed by atoms with Gasteiger partial charge in [-0.1, -0.05) is 30.3 Å². The number of carbonyl (C=O) groups is 2. The van der Waals surface area contributed by atoms with Crippen molar-refractivity contribution in [3.05, 3.63) is 102 Å². The number of carbonyl (C=O) groups excluding carboxylic acids is 2. The third-order valence-electron chi connectivity index (χ3n) is 4.42. The average Bonchev–Trinajstić information content (AvgIpc) is 2.96. The first-order valence-corrected chi connectivity index (χ1v) is 8.62. The summed E-state index contributed by atoms with van der Waals surface area (Å²) in [6.45, 7) is 0. The predicted octanol–water partition coefficient (Wildman–Crippen LogP) is 4.50. The first kappa shape index (κ1) is 18.5. The van der Waals surface area contributed by atoms with Gasteiger partial charge in [0, 0.05) is 11.8 Å². The van der Waals surface area contributed by atoms with Crippen molar-refractivity contribution in [2.75, 3.05) is 10.2 Å². The summed E-state index contributed by atoms with van der Waals surface area (Å²) >= 11 is 0. The minimum Gasteiger partial charge on any atom is -0.350 e. The van der Waals surface area contributed by atoms with Crippen molar-refractivity contribution in [1.29, 1.82) is 0 Å². The van der Waals surface area contributed by atoms with Gasteiger partial charge in [0.15, 0.2) is 11.6 Å². The molecule has 0 aliphatic carbocycles. The van der Waals surface area contributed by atoms with Crippen LogP contribution in [0.1, 0.15) is 5.56 Å². The maximum absolute atomic E-state index is 13.7. The normalized spacial score (nSPS) is 14.0. The number of nitrogens with one attached hydrogen (secondary N) is 1. The Morgan fingerprint density at radius 3 is 2.07 bits per heavy atom. The molecular formula is C22H13F3N2O2. The van der Waals surface area contributed by atoms with E-state index in [0.29, 0.717) is 11.3 Å². The van der Waals surface area contributed by atoms with Gasteiger partial charge < -0.3 is 5.32 Å². The van der Waals surface area contributed by atoms with Crippen molar-refractivity contribution in [3.63, 3.8) is 0 Å². The zero-order chi connectivity index (χ0) is 20.5. The molecule has 29 heavy (non-hydrogen) atoms. The lowest BCUT2D eigenvalue weighted by Crippen LogP contribution is -2.32. The first-order valence-electron chi connectivity index (χ1n) is 8.62. The van der Waals surface area contributed by atoms with Crippen molar-refractivity contribution in [2.24, 2.45) is 0 Å². The highest BCUT2D eigenvalue weighted by Crippen LogP contribution is 2.34. The number of halogens is 3. The highest BCUT2D eigenvalue weighted by atomic mass is 19.2. The van der Waals surface area contributed by atoms with Crippen LogP contribution >= 0.6 is 0 Å². The molecule has 0 radical (unpaired) electrons. The summed E-state index contributed by atoms with van der Waals surface area (Å²) in [4.78, 5) is 26.9. The van der Waals surface area contributed by atoms with Crippen LogP contribution in [-0.2, 0) is 9.59 Å². The highest BCUT2D eigenvalue weighted by Gasteiger charge is 2.40. The fourth-order valence-corrected chi connectivity index (χ4v) is 3.05. The van der Waals surface area contributed by atoms with Gasteiger partial charge in [0.25, 0.3) is 11.8 Å². The molecule has 1 N–H and O–H groups in total. The van der Waals surface area contributed by atoms with Crippen LogP contribution in [0.3, 0.4) is 0 Å². The van der Waals surface area contributed by atoms with E-state index >= 15 is 0 Å². The summed E-state index contributed by atoms with van der Waals surface area (Å²) in [5.74, 6) is -4.14. The Morgan fingerprint density at radius 1 is 0.724 bits per heavy atom. The molecule has 0 bridgehead atoms. The van der Waals surface area contributed by atoms with E-state index in [0.717, 1.165) is 23.1 Å². The molecule has 7 heteroatoms. The van der Waals surface area contributed by atoms with Crippen LogP contribution in [-0.4, -0.2) is 11.8 Å². The Labute approximate surface area is 163 Å². The number of rotatable bonds is 4. The fraction of sp³-hybridized carbons (Fsp3) is 0. The number of hydrogen-bond donors (Lipinski definition) is 1. The number of benzene rings is 3. The average molecular weight is 394 g/mol. The minimum atomic E-state index is -1.18. The van der Waals surface area contributed by atoms with Gasteiger partial charge in [-0.15, -0.1) is 0 Å². The van der Waals surface area contributed by atoms with Gasteiger partial charge in [0.05, 0.1) is 11.3 Å². The van der Waals surface area contributed by atoms with Gasteiger partial charge in [-0.2, -0.15) is 0 Å². The molecule has 1 heterocycles. The summed E-state index contributed by atoms with van der Waals surface area (Å²) in [6.07, 6.45) is 0. The Bertz CT molecular complexity index is 1140. The second-order valence-electron chi connectivity index (χ2n) is 6.29. The van der Waals surface area contributed by atoms with Crippen molar-refractivity contribution in [3.8, 4) is 0 Å². The summed E-state index contributed by atoms with van der Waals surface area (Å²) < 4.78 is 40.2. The second kappa shape index (κ2) is 7.27. The zero-order valence-corrected chi connectivity index (χ0v) is 14.8. The molecule has 1 aliphatic rings. The Kier molecular flexibility index (Phi) is 4.64. The van der Waals surface area contributed by atoms with E-state index in [1.807, 2.05) is 0 Å².